The van der Waals surface area contributed by atoms with E-state index in [4.69, 9.17) is 15.2 Å². The van der Waals surface area contributed by atoms with Gasteiger partial charge >= 0.3 is 0 Å². The van der Waals surface area contributed by atoms with Gasteiger partial charge < -0.3 is 4.84 Å². The van der Waals surface area contributed by atoms with E-state index in [1.807, 2.05) is 23.9 Å². The molecule has 0 bridgehead atoms. The molecule has 2 aromatic rings. The third-order valence-corrected chi connectivity index (χ3v) is 10.7. The molecular formula is C24H27N5O3S. The number of benzene rings is 1. The zero-order valence-electron chi connectivity index (χ0n) is 18.7. The molecule has 0 saturated heterocycles. The highest BCUT2D eigenvalue weighted by Gasteiger charge is 2.59. The number of hydrogen-bond donors (Lipinski definition) is 0. The zero-order chi connectivity index (χ0) is 22.8. The first-order chi connectivity index (χ1) is 15.9. The SMILES string of the molecule is Cn1nc(C2=NO[C@@H](c3ccc(C#N)cc3)C2)c2c1CN(CC1(S(=O)(=O)C3CC3)CC1)CC2. The highest BCUT2D eigenvalue weighted by Crippen LogP contribution is 2.51. The maximum atomic E-state index is 12.9. The number of hydrogen-bond acceptors (Lipinski definition) is 7. The van der Waals surface area contributed by atoms with Gasteiger partial charge in [0.2, 0.25) is 0 Å². The van der Waals surface area contributed by atoms with E-state index in [0.717, 1.165) is 61.3 Å². The van der Waals surface area contributed by atoms with Crippen molar-refractivity contribution in [3.05, 3.63) is 52.3 Å². The molecule has 172 valence electrons. The van der Waals surface area contributed by atoms with Crippen LogP contribution in [0.15, 0.2) is 29.4 Å². The van der Waals surface area contributed by atoms with Crippen LogP contribution in [0.4, 0.5) is 0 Å². The third kappa shape index (κ3) is 3.47. The number of fused-ring (bicyclic) bond motifs is 1. The van der Waals surface area contributed by atoms with Gasteiger partial charge in [-0.2, -0.15) is 10.4 Å². The van der Waals surface area contributed by atoms with Gasteiger partial charge in [-0.3, -0.25) is 9.58 Å². The molecule has 33 heavy (non-hydrogen) atoms. The van der Waals surface area contributed by atoms with E-state index in [1.54, 1.807) is 12.1 Å². The maximum Gasteiger partial charge on any atom is 0.160 e. The topological polar surface area (TPSA) is 101 Å². The maximum absolute atomic E-state index is 12.9. The molecule has 2 saturated carbocycles. The summed E-state index contributed by atoms with van der Waals surface area (Å²) in [4.78, 5) is 8.02. The van der Waals surface area contributed by atoms with Crippen LogP contribution in [-0.2, 0) is 34.7 Å². The van der Waals surface area contributed by atoms with E-state index in [0.29, 0.717) is 25.1 Å². The van der Waals surface area contributed by atoms with E-state index >= 15 is 0 Å². The summed E-state index contributed by atoms with van der Waals surface area (Å²) < 4.78 is 27.3. The standard InChI is InChI=1S/C24H27N5O3S/c1-28-21-14-29(15-24(9-10-24)33(30,31)18-6-7-18)11-8-19(21)23(26-28)20-12-22(32-27-20)17-4-2-16(13-25)3-5-17/h2-5,18,22H,6-12,14-15H2,1H3/t22-/m1/s1. The van der Waals surface area contributed by atoms with Crippen LogP contribution in [0.3, 0.4) is 0 Å². The van der Waals surface area contributed by atoms with Crippen LogP contribution >= 0.6 is 0 Å². The molecule has 6 rings (SSSR count). The van der Waals surface area contributed by atoms with E-state index in [-0.39, 0.29) is 11.4 Å². The van der Waals surface area contributed by atoms with Crippen LogP contribution in [0, 0.1) is 11.3 Å². The fourth-order valence-corrected chi connectivity index (χ4v) is 7.77. The first kappa shape index (κ1) is 20.9. The molecule has 1 aromatic carbocycles. The van der Waals surface area contributed by atoms with Crippen LogP contribution in [0.25, 0.3) is 0 Å². The molecule has 0 spiro atoms. The Hall–Kier alpha value is -2.70. The smallest absolute Gasteiger partial charge is 0.160 e. The Balaban J connectivity index is 1.17. The minimum absolute atomic E-state index is 0.0897. The summed E-state index contributed by atoms with van der Waals surface area (Å²) in [7, 11) is -1.05. The predicted molar refractivity (Wildman–Crippen MR) is 122 cm³/mol. The first-order valence-corrected chi connectivity index (χ1v) is 13.2. The minimum atomic E-state index is -3.00. The van der Waals surface area contributed by atoms with Crippen molar-refractivity contribution < 1.29 is 13.3 Å². The van der Waals surface area contributed by atoms with Gasteiger partial charge in [-0.1, -0.05) is 17.3 Å². The lowest BCUT2D eigenvalue weighted by molar-refractivity contribution is 0.0857. The molecule has 0 amide bonds. The highest BCUT2D eigenvalue weighted by atomic mass is 32.2. The quantitative estimate of drug-likeness (QED) is 0.650. The lowest BCUT2D eigenvalue weighted by Gasteiger charge is -2.31. The van der Waals surface area contributed by atoms with Crippen LogP contribution in [0.2, 0.25) is 0 Å². The van der Waals surface area contributed by atoms with Gasteiger partial charge in [-0.15, -0.1) is 0 Å². The monoisotopic (exact) mass is 465 g/mol. The number of aromatic nitrogens is 2. The average molecular weight is 466 g/mol. The number of aryl methyl sites for hydroxylation is 1. The normalized spacial score (nSPS) is 24.0. The summed E-state index contributed by atoms with van der Waals surface area (Å²) in [6, 6.07) is 9.55. The molecule has 0 unspecified atom stereocenters. The second-order valence-corrected chi connectivity index (χ2v) is 12.5. The second-order valence-electron chi connectivity index (χ2n) is 9.86. The molecule has 8 nitrogen and oxygen atoms in total. The Morgan fingerprint density at radius 3 is 2.67 bits per heavy atom. The van der Waals surface area contributed by atoms with Gasteiger partial charge in [0.25, 0.3) is 0 Å². The first-order valence-electron chi connectivity index (χ1n) is 11.6. The number of nitrogens with zero attached hydrogens (tertiary/aromatic N) is 5. The van der Waals surface area contributed by atoms with Crippen molar-refractivity contribution in [3.8, 4) is 6.07 Å². The lowest BCUT2D eigenvalue weighted by Crippen LogP contribution is -2.42. The Kier molecular flexibility index (Phi) is 4.68. The number of sulfone groups is 1. The predicted octanol–water partition coefficient (Wildman–Crippen LogP) is 2.63. The fourth-order valence-electron chi connectivity index (χ4n) is 5.27. The highest BCUT2D eigenvalue weighted by molar-refractivity contribution is 7.94. The molecule has 3 heterocycles. The van der Waals surface area contributed by atoms with Crippen LogP contribution in [-0.4, -0.2) is 51.9 Å². The van der Waals surface area contributed by atoms with E-state index in [1.165, 1.54) is 5.56 Å². The molecule has 9 heteroatoms. The molecule has 1 aromatic heterocycles. The van der Waals surface area contributed by atoms with Crippen molar-refractivity contribution in [1.29, 1.82) is 5.26 Å². The molecule has 0 radical (unpaired) electrons. The summed E-state index contributed by atoms with van der Waals surface area (Å²) in [5, 5.41) is 18.1. The summed E-state index contributed by atoms with van der Waals surface area (Å²) >= 11 is 0. The zero-order valence-corrected chi connectivity index (χ0v) is 19.5. The van der Waals surface area contributed by atoms with Gasteiger partial charge in [0, 0.05) is 38.7 Å². The molecule has 1 atom stereocenters. The molecule has 2 fully saturated rings. The molecule has 0 N–H and O–H groups in total. The average Bonchev–Trinajstić information content (AvgIpc) is 3.74. The Labute approximate surface area is 193 Å². The summed E-state index contributed by atoms with van der Waals surface area (Å²) in [5.74, 6) is 0. The number of oxime groups is 1. The minimum Gasteiger partial charge on any atom is -0.387 e. The van der Waals surface area contributed by atoms with Crippen molar-refractivity contribution in [3.63, 3.8) is 0 Å². The van der Waals surface area contributed by atoms with Crippen LogP contribution in [0.1, 0.15) is 66.3 Å². The Morgan fingerprint density at radius 1 is 1.24 bits per heavy atom. The summed E-state index contributed by atoms with van der Waals surface area (Å²) in [6.07, 6.45) is 4.58. The van der Waals surface area contributed by atoms with Gasteiger partial charge in [-0.05, 0) is 49.8 Å². The van der Waals surface area contributed by atoms with Crippen LogP contribution in [0.5, 0.6) is 0 Å². The molecular weight excluding hydrogens is 438 g/mol. The molecule has 2 aliphatic carbocycles. The number of rotatable bonds is 6. The third-order valence-electron chi connectivity index (χ3n) is 7.57. The van der Waals surface area contributed by atoms with Crippen molar-refractivity contribution in [2.45, 2.75) is 61.2 Å². The van der Waals surface area contributed by atoms with Crippen molar-refractivity contribution >= 4 is 15.5 Å². The van der Waals surface area contributed by atoms with Crippen LogP contribution < -0.4 is 0 Å². The second kappa shape index (κ2) is 7.40. The van der Waals surface area contributed by atoms with E-state index in [9.17, 15) is 8.42 Å². The van der Waals surface area contributed by atoms with Gasteiger partial charge in [0.15, 0.2) is 15.9 Å². The largest absolute Gasteiger partial charge is 0.387 e. The van der Waals surface area contributed by atoms with Gasteiger partial charge in [-0.25, -0.2) is 8.42 Å². The summed E-state index contributed by atoms with van der Waals surface area (Å²) in [5.41, 5.74) is 5.71. The molecule has 4 aliphatic rings. The Bertz CT molecular complexity index is 1280. The van der Waals surface area contributed by atoms with E-state index < -0.39 is 14.6 Å². The van der Waals surface area contributed by atoms with Crippen molar-refractivity contribution in [2.24, 2.45) is 12.2 Å². The van der Waals surface area contributed by atoms with Gasteiger partial charge in [0.05, 0.1) is 27.3 Å². The lowest BCUT2D eigenvalue weighted by atomic mass is 9.97. The molecule has 2 aliphatic heterocycles. The van der Waals surface area contributed by atoms with Gasteiger partial charge in [0.1, 0.15) is 11.4 Å². The van der Waals surface area contributed by atoms with Crippen molar-refractivity contribution in [1.82, 2.24) is 14.7 Å². The summed E-state index contributed by atoms with van der Waals surface area (Å²) in [6.45, 7) is 2.19. The van der Waals surface area contributed by atoms with Crippen molar-refractivity contribution in [2.75, 3.05) is 13.1 Å². The number of nitriles is 1. The Morgan fingerprint density at radius 2 is 2.00 bits per heavy atom. The van der Waals surface area contributed by atoms with E-state index in [2.05, 4.69) is 16.1 Å². The fraction of sp³-hybridized carbons (Fsp3) is 0.542.